The lowest BCUT2D eigenvalue weighted by atomic mass is 10.2. The van der Waals surface area contributed by atoms with Crippen LogP contribution in [0.25, 0.3) is 0 Å². The summed E-state index contributed by atoms with van der Waals surface area (Å²) < 4.78 is 5.55. The van der Waals surface area contributed by atoms with Crippen LogP contribution in [0.1, 0.15) is 10.4 Å². The number of hydrogen-bond acceptors (Lipinski definition) is 4. The van der Waals surface area contributed by atoms with Gasteiger partial charge in [-0.25, -0.2) is 0 Å². The molecule has 6 heteroatoms. The number of nitrogens with one attached hydrogen (secondary N) is 1. The zero-order valence-electron chi connectivity index (χ0n) is 12.5. The van der Waals surface area contributed by atoms with Crippen LogP contribution in [-0.4, -0.2) is 29.9 Å². The van der Waals surface area contributed by atoms with Crippen molar-refractivity contribution in [2.75, 3.05) is 23.4 Å². The number of ether oxygens (including phenoxy) is 1. The Morgan fingerprint density at radius 3 is 2.39 bits per heavy atom. The molecule has 3 N–H and O–H groups in total. The third-order valence-corrected chi connectivity index (χ3v) is 3.85. The van der Waals surface area contributed by atoms with Crippen LogP contribution in [0.5, 0.6) is 5.75 Å². The highest BCUT2D eigenvalue weighted by molar-refractivity contribution is 7.99. The minimum Gasteiger partial charge on any atom is -0.493 e. The SMILES string of the molecule is NC(=O)c1ccc(NC(=O)CSCCOc2ccccc2)cc1. The summed E-state index contributed by atoms with van der Waals surface area (Å²) in [6, 6.07) is 16.0. The van der Waals surface area contributed by atoms with Gasteiger partial charge in [-0.3, -0.25) is 9.59 Å². The molecule has 0 aromatic heterocycles. The van der Waals surface area contributed by atoms with Gasteiger partial charge >= 0.3 is 0 Å². The number of hydrogen-bond donors (Lipinski definition) is 2. The monoisotopic (exact) mass is 330 g/mol. The van der Waals surface area contributed by atoms with Crippen LogP contribution < -0.4 is 15.8 Å². The second kappa shape index (κ2) is 8.85. The van der Waals surface area contributed by atoms with Crippen molar-refractivity contribution in [1.29, 1.82) is 0 Å². The topological polar surface area (TPSA) is 81.4 Å². The summed E-state index contributed by atoms with van der Waals surface area (Å²) in [5, 5.41) is 2.76. The van der Waals surface area contributed by atoms with E-state index in [0.29, 0.717) is 23.6 Å². The van der Waals surface area contributed by atoms with Crippen molar-refractivity contribution < 1.29 is 14.3 Å². The molecule has 5 nitrogen and oxygen atoms in total. The lowest BCUT2D eigenvalue weighted by molar-refractivity contribution is -0.113. The van der Waals surface area contributed by atoms with Crippen molar-refractivity contribution in [3.8, 4) is 5.75 Å². The minimum atomic E-state index is -0.489. The zero-order chi connectivity index (χ0) is 16.5. The Balaban J connectivity index is 1.64. The molecule has 2 amide bonds. The average molecular weight is 330 g/mol. The normalized spacial score (nSPS) is 10.1. The van der Waals surface area contributed by atoms with E-state index in [1.54, 1.807) is 24.3 Å². The summed E-state index contributed by atoms with van der Waals surface area (Å²) >= 11 is 1.50. The van der Waals surface area contributed by atoms with E-state index in [2.05, 4.69) is 5.32 Å². The van der Waals surface area contributed by atoms with Crippen molar-refractivity contribution >= 4 is 29.3 Å². The molecule has 23 heavy (non-hydrogen) atoms. The molecule has 0 bridgehead atoms. The van der Waals surface area contributed by atoms with Crippen LogP contribution >= 0.6 is 11.8 Å². The lowest BCUT2D eigenvalue weighted by Crippen LogP contribution is -2.15. The van der Waals surface area contributed by atoms with Gasteiger partial charge in [0.2, 0.25) is 11.8 Å². The largest absolute Gasteiger partial charge is 0.493 e. The summed E-state index contributed by atoms with van der Waals surface area (Å²) in [4.78, 5) is 22.8. The van der Waals surface area contributed by atoms with E-state index in [-0.39, 0.29) is 5.91 Å². The fourth-order valence-corrected chi connectivity index (χ4v) is 2.42. The van der Waals surface area contributed by atoms with Gasteiger partial charge in [-0.1, -0.05) is 18.2 Å². The Morgan fingerprint density at radius 2 is 1.74 bits per heavy atom. The maximum Gasteiger partial charge on any atom is 0.248 e. The number of primary amides is 1. The number of thioether (sulfide) groups is 1. The first-order valence-electron chi connectivity index (χ1n) is 7.10. The number of rotatable bonds is 8. The molecule has 0 aliphatic carbocycles. The highest BCUT2D eigenvalue weighted by atomic mass is 32.2. The molecule has 0 heterocycles. The Bertz CT molecular complexity index is 645. The first-order chi connectivity index (χ1) is 11.1. The van der Waals surface area contributed by atoms with Gasteiger partial charge in [0, 0.05) is 17.0 Å². The molecule has 0 spiro atoms. The quantitative estimate of drug-likeness (QED) is 0.729. The molecule has 0 radical (unpaired) electrons. The van der Waals surface area contributed by atoms with Gasteiger partial charge < -0.3 is 15.8 Å². The fraction of sp³-hybridized carbons (Fsp3) is 0.176. The van der Waals surface area contributed by atoms with Crippen LogP contribution in [0.15, 0.2) is 54.6 Å². The predicted molar refractivity (Wildman–Crippen MR) is 92.9 cm³/mol. The zero-order valence-corrected chi connectivity index (χ0v) is 13.3. The predicted octanol–water partition coefficient (Wildman–Crippen LogP) is 2.54. The molecule has 2 aromatic carbocycles. The summed E-state index contributed by atoms with van der Waals surface area (Å²) in [6.07, 6.45) is 0. The summed E-state index contributed by atoms with van der Waals surface area (Å²) in [5.41, 5.74) is 6.21. The second-order valence-electron chi connectivity index (χ2n) is 4.70. The summed E-state index contributed by atoms with van der Waals surface area (Å²) in [5.74, 6) is 1.31. The van der Waals surface area contributed by atoms with Gasteiger partial charge in [-0.2, -0.15) is 0 Å². The van der Waals surface area contributed by atoms with E-state index in [4.69, 9.17) is 10.5 Å². The van der Waals surface area contributed by atoms with Gasteiger partial charge in [-0.05, 0) is 36.4 Å². The molecule has 0 aliphatic heterocycles. The van der Waals surface area contributed by atoms with E-state index in [1.165, 1.54) is 11.8 Å². The van der Waals surface area contributed by atoms with E-state index < -0.39 is 5.91 Å². The lowest BCUT2D eigenvalue weighted by Gasteiger charge is -2.07. The van der Waals surface area contributed by atoms with Crippen molar-refractivity contribution in [1.82, 2.24) is 0 Å². The standard InChI is InChI=1S/C17H18N2O3S/c18-17(21)13-6-8-14(9-7-13)19-16(20)12-23-11-10-22-15-4-2-1-3-5-15/h1-9H,10-12H2,(H2,18,21)(H,19,20). The molecule has 0 saturated heterocycles. The minimum absolute atomic E-state index is 0.0958. The van der Waals surface area contributed by atoms with E-state index in [9.17, 15) is 9.59 Å². The van der Waals surface area contributed by atoms with Crippen LogP contribution in [0.3, 0.4) is 0 Å². The molecule has 0 aliphatic rings. The van der Waals surface area contributed by atoms with Crippen LogP contribution in [-0.2, 0) is 4.79 Å². The van der Waals surface area contributed by atoms with E-state index in [0.717, 1.165) is 11.5 Å². The summed E-state index contributed by atoms with van der Waals surface area (Å²) in [6.45, 7) is 0.551. The average Bonchev–Trinajstić information content (AvgIpc) is 2.56. The van der Waals surface area contributed by atoms with Crippen molar-refractivity contribution in [3.05, 3.63) is 60.2 Å². The van der Waals surface area contributed by atoms with Gasteiger partial charge in [0.1, 0.15) is 5.75 Å². The number of amides is 2. The number of carbonyl (C=O) groups excluding carboxylic acids is 2. The van der Waals surface area contributed by atoms with Crippen LogP contribution in [0.2, 0.25) is 0 Å². The van der Waals surface area contributed by atoms with Gasteiger partial charge in [-0.15, -0.1) is 11.8 Å². The second-order valence-corrected chi connectivity index (χ2v) is 5.81. The number of benzene rings is 2. The van der Waals surface area contributed by atoms with E-state index >= 15 is 0 Å². The van der Waals surface area contributed by atoms with Crippen LogP contribution in [0, 0.1) is 0 Å². The van der Waals surface area contributed by atoms with Gasteiger partial charge in [0.25, 0.3) is 0 Å². The molecule has 2 rings (SSSR count). The van der Waals surface area contributed by atoms with Gasteiger partial charge in [0.15, 0.2) is 0 Å². The van der Waals surface area contributed by atoms with E-state index in [1.807, 2.05) is 30.3 Å². The Morgan fingerprint density at radius 1 is 1.04 bits per heavy atom. The molecule has 0 saturated carbocycles. The molecule has 0 unspecified atom stereocenters. The van der Waals surface area contributed by atoms with Crippen LogP contribution in [0.4, 0.5) is 5.69 Å². The number of nitrogens with two attached hydrogens (primary N) is 1. The summed E-state index contributed by atoms with van der Waals surface area (Å²) in [7, 11) is 0. The third kappa shape index (κ3) is 6.04. The molecule has 120 valence electrons. The number of anilines is 1. The molecular formula is C17H18N2O3S. The maximum atomic E-state index is 11.8. The Labute approximate surface area is 139 Å². The molecule has 2 aromatic rings. The molecular weight excluding hydrogens is 312 g/mol. The Hall–Kier alpha value is -2.47. The number of carbonyl (C=O) groups is 2. The van der Waals surface area contributed by atoms with Crippen molar-refractivity contribution in [3.63, 3.8) is 0 Å². The molecule has 0 atom stereocenters. The Kier molecular flexibility index (Phi) is 6.50. The first-order valence-corrected chi connectivity index (χ1v) is 8.26. The first kappa shape index (κ1) is 16.9. The molecule has 0 fully saturated rings. The smallest absolute Gasteiger partial charge is 0.248 e. The van der Waals surface area contributed by atoms with Gasteiger partial charge in [0.05, 0.1) is 12.4 Å². The highest BCUT2D eigenvalue weighted by Gasteiger charge is 2.04. The third-order valence-electron chi connectivity index (χ3n) is 2.93. The van der Waals surface area contributed by atoms with Crippen molar-refractivity contribution in [2.24, 2.45) is 5.73 Å². The highest BCUT2D eigenvalue weighted by Crippen LogP contribution is 2.11. The maximum absolute atomic E-state index is 11.8. The van der Waals surface area contributed by atoms with Crippen molar-refractivity contribution in [2.45, 2.75) is 0 Å². The number of para-hydroxylation sites is 1. The fourth-order valence-electron chi connectivity index (χ4n) is 1.81.